The van der Waals surface area contributed by atoms with Gasteiger partial charge in [-0.2, -0.15) is 0 Å². The van der Waals surface area contributed by atoms with Crippen LogP contribution in [0.1, 0.15) is 17.3 Å². The molecule has 0 bridgehead atoms. The second-order valence-electron chi connectivity index (χ2n) is 4.42. The lowest BCUT2D eigenvalue weighted by atomic mass is 10.0. The molecule has 4 heteroatoms. The van der Waals surface area contributed by atoms with Crippen molar-refractivity contribution in [2.24, 2.45) is 5.73 Å². The normalized spacial score (nSPS) is 10.1. The van der Waals surface area contributed by atoms with Crippen LogP contribution in [0.5, 0.6) is 5.75 Å². The number of primary amides is 1. The first kappa shape index (κ1) is 13.8. The Morgan fingerprint density at radius 3 is 2.35 bits per heavy atom. The van der Waals surface area contributed by atoms with Crippen LogP contribution in [0.25, 0.3) is 11.1 Å². The van der Waals surface area contributed by atoms with Crippen molar-refractivity contribution in [3.05, 3.63) is 54.1 Å². The van der Waals surface area contributed by atoms with Crippen molar-refractivity contribution in [3.63, 3.8) is 0 Å². The van der Waals surface area contributed by atoms with Crippen molar-refractivity contribution in [1.29, 1.82) is 0 Å². The van der Waals surface area contributed by atoms with Gasteiger partial charge in [0.15, 0.2) is 12.4 Å². The van der Waals surface area contributed by atoms with E-state index in [9.17, 15) is 9.59 Å². The Labute approximate surface area is 117 Å². The highest BCUT2D eigenvalue weighted by atomic mass is 16.5. The van der Waals surface area contributed by atoms with Crippen molar-refractivity contribution in [3.8, 4) is 16.9 Å². The zero-order valence-corrected chi connectivity index (χ0v) is 11.1. The lowest BCUT2D eigenvalue weighted by Gasteiger charge is -2.06. The Morgan fingerprint density at radius 1 is 1.05 bits per heavy atom. The number of ether oxygens (including phenoxy) is 1. The van der Waals surface area contributed by atoms with E-state index >= 15 is 0 Å². The maximum absolute atomic E-state index is 11.4. The molecule has 102 valence electrons. The molecule has 2 rings (SSSR count). The summed E-state index contributed by atoms with van der Waals surface area (Å²) in [5.74, 6) is 0.103. The summed E-state index contributed by atoms with van der Waals surface area (Å²) in [6.45, 7) is 1.40. The molecule has 2 N–H and O–H groups in total. The molecule has 0 aromatic heterocycles. The van der Waals surface area contributed by atoms with E-state index in [-0.39, 0.29) is 12.4 Å². The Morgan fingerprint density at radius 2 is 1.75 bits per heavy atom. The molecule has 0 aliphatic rings. The largest absolute Gasteiger partial charge is 0.484 e. The van der Waals surface area contributed by atoms with Crippen LogP contribution in [0, 0.1) is 0 Å². The molecule has 0 saturated heterocycles. The molecular formula is C16H15NO3. The summed E-state index contributed by atoms with van der Waals surface area (Å²) in [6, 6.07) is 14.7. The molecule has 4 nitrogen and oxygen atoms in total. The van der Waals surface area contributed by atoms with Crippen LogP contribution >= 0.6 is 0 Å². The van der Waals surface area contributed by atoms with Crippen molar-refractivity contribution >= 4 is 11.7 Å². The van der Waals surface area contributed by atoms with Crippen LogP contribution in [0.15, 0.2) is 48.5 Å². The fraction of sp³-hybridized carbons (Fsp3) is 0.125. The molecule has 1 amide bonds. The Balaban J connectivity index is 2.19. The summed E-state index contributed by atoms with van der Waals surface area (Å²) in [5.41, 5.74) is 7.62. The SMILES string of the molecule is CC(=O)c1cccc(-c2ccc(OCC(N)=O)cc2)c1. The zero-order chi connectivity index (χ0) is 14.5. The first-order valence-corrected chi connectivity index (χ1v) is 6.19. The van der Waals surface area contributed by atoms with E-state index in [4.69, 9.17) is 10.5 Å². The third kappa shape index (κ3) is 3.45. The van der Waals surface area contributed by atoms with E-state index in [1.54, 1.807) is 25.1 Å². The number of carbonyl (C=O) groups excluding carboxylic acids is 2. The number of ketones is 1. The molecule has 2 aromatic rings. The number of benzene rings is 2. The number of Topliss-reactive ketones (excluding diaryl/α,β-unsaturated/α-hetero) is 1. The molecular weight excluding hydrogens is 254 g/mol. The van der Waals surface area contributed by atoms with Gasteiger partial charge in [-0.05, 0) is 36.2 Å². The highest BCUT2D eigenvalue weighted by Crippen LogP contribution is 2.23. The average molecular weight is 269 g/mol. The van der Waals surface area contributed by atoms with Crippen LogP contribution in [-0.4, -0.2) is 18.3 Å². The van der Waals surface area contributed by atoms with E-state index < -0.39 is 5.91 Å². The maximum atomic E-state index is 11.4. The van der Waals surface area contributed by atoms with E-state index in [0.29, 0.717) is 11.3 Å². The van der Waals surface area contributed by atoms with E-state index in [0.717, 1.165) is 11.1 Å². The predicted molar refractivity (Wildman–Crippen MR) is 76.6 cm³/mol. The number of amides is 1. The number of carbonyl (C=O) groups is 2. The molecule has 0 radical (unpaired) electrons. The minimum Gasteiger partial charge on any atom is -0.484 e. The number of hydrogen-bond donors (Lipinski definition) is 1. The predicted octanol–water partition coefficient (Wildman–Crippen LogP) is 2.42. The summed E-state index contributed by atoms with van der Waals surface area (Å²) in [6.07, 6.45) is 0. The Bertz CT molecular complexity index is 632. The van der Waals surface area contributed by atoms with Gasteiger partial charge in [0, 0.05) is 5.56 Å². The molecule has 0 aliphatic heterocycles. The van der Waals surface area contributed by atoms with Crippen molar-refractivity contribution in [2.45, 2.75) is 6.92 Å². The van der Waals surface area contributed by atoms with Crippen LogP contribution < -0.4 is 10.5 Å². The van der Waals surface area contributed by atoms with Gasteiger partial charge >= 0.3 is 0 Å². The molecule has 0 spiro atoms. The second-order valence-corrected chi connectivity index (χ2v) is 4.42. The van der Waals surface area contributed by atoms with Crippen LogP contribution in [0.3, 0.4) is 0 Å². The van der Waals surface area contributed by atoms with Gasteiger partial charge in [-0.1, -0.05) is 30.3 Å². The fourth-order valence-electron chi connectivity index (χ4n) is 1.82. The molecule has 0 fully saturated rings. The van der Waals surface area contributed by atoms with Gasteiger partial charge in [0.25, 0.3) is 5.91 Å². The average Bonchev–Trinajstić information content (AvgIpc) is 2.46. The standard InChI is InChI=1S/C16H15NO3/c1-11(18)13-3-2-4-14(9-13)12-5-7-15(8-6-12)20-10-16(17)19/h2-9H,10H2,1H3,(H2,17,19). The number of nitrogens with two attached hydrogens (primary N) is 1. The van der Waals surface area contributed by atoms with Crippen molar-refractivity contribution in [2.75, 3.05) is 6.61 Å². The molecule has 0 saturated carbocycles. The number of hydrogen-bond acceptors (Lipinski definition) is 3. The highest BCUT2D eigenvalue weighted by Gasteiger charge is 2.03. The first-order chi connectivity index (χ1) is 9.56. The van der Waals surface area contributed by atoms with Gasteiger partial charge in [0.1, 0.15) is 5.75 Å². The molecule has 0 aliphatic carbocycles. The van der Waals surface area contributed by atoms with E-state index in [1.165, 1.54) is 0 Å². The zero-order valence-electron chi connectivity index (χ0n) is 11.1. The van der Waals surface area contributed by atoms with Crippen LogP contribution in [0.4, 0.5) is 0 Å². The third-order valence-electron chi connectivity index (χ3n) is 2.84. The smallest absolute Gasteiger partial charge is 0.255 e. The van der Waals surface area contributed by atoms with Gasteiger partial charge in [-0.25, -0.2) is 0 Å². The molecule has 20 heavy (non-hydrogen) atoms. The second kappa shape index (κ2) is 6.02. The Hall–Kier alpha value is -2.62. The third-order valence-corrected chi connectivity index (χ3v) is 2.84. The molecule has 0 atom stereocenters. The molecule has 2 aromatic carbocycles. The van der Waals surface area contributed by atoms with E-state index in [2.05, 4.69) is 0 Å². The highest BCUT2D eigenvalue weighted by molar-refractivity contribution is 5.95. The summed E-state index contributed by atoms with van der Waals surface area (Å²) in [5, 5.41) is 0. The van der Waals surface area contributed by atoms with Crippen LogP contribution in [-0.2, 0) is 4.79 Å². The first-order valence-electron chi connectivity index (χ1n) is 6.19. The van der Waals surface area contributed by atoms with Gasteiger partial charge < -0.3 is 10.5 Å². The molecule has 0 unspecified atom stereocenters. The number of rotatable bonds is 5. The lowest BCUT2D eigenvalue weighted by molar-refractivity contribution is -0.119. The summed E-state index contributed by atoms with van der Waals surface area (Å²) in [4.78, 5) is 22.0. The topological polar surface area (TPSA) is 69.4 Å². The van der Waals surface area contributed by atoms with Crippen LogP contribution in [0.2, 0.25) is 0 Å². The lowest BCUT2D eigenvalue weighted by Crippen LogP contribution is -2.19. The quantitative estimate of drug-likeness (QED) is 0.847. The monoisotopic (exact) mass is 269 g/mol. The fourth-order valence-corrected chi connectivity index (χ4v) is 1.82. The minimum atomic E-state index is -0.511. The Kier molecular flexibility index (Phi) is 4.15. The molecule has 0 heterocycles. The van der Waals surface area contributed by atoms with E-state index in [1.807, 2.05) is 30.3 Å². The summed E-state index contributed by atoms with van der Waals surface area (Å²) >= 11 is 0. The van der Waals surface area contributed by atoms with Gasteiger partial charge in [-0.15, -0.1) is 0 Å². The van der Waals surface area contributed by atoms with Gasteiger partial charge in [-0.3, -0.25) is 9.59 Å². The van der Waals surface area contributed by atoms with Crippen molar-refractivity contribution < 1.29 is 14.3 Å². The summed E-state index contributed by atoms with van der Waals surface area (Å²) in [7, 11) is 0. The minimum absolute atomic E-state index is 0.0354. The van der Waals surface area contributed by atoms with Crippen molar-refractivity contribution in [1.82, 2.24) is 0 Å². The van der Waals surface area contributed by atoms with Gasteiger partial charge in [0.2, 0.25) is 0 Å². The maximum Gasteiger partial charge on any atom is 0.255 e. The van der Waals surface area contributed by atoms with Gasteiger partial charge in [0.05, 0.1) is 0 Å². The summed E-state index contributed by atoms with van der Waals surface area (Å²) < 4.78 is 5.19.